The van der Waals surface area contributed by atoms with Crippen molar-refractivity contribution in [1.82, 2.24) is 9.88 Å². The fourth-order valence-electron chi connectivity index (χ4n) is 3.49. The molecule has 2 heterocycles. The van der Waals surface area contributed by atoms with Gasteiger partial charge < -0.3 is 14.1 Å². The van der Waals surface area contributed by atoms with E-state index in [1.807, 2.05) is 36.1 Å². The van der Waals surface area contributed by atoms with Gasteiger partial charge in [-0.2, -0.15) is 0 Å². The van der Waals surface area contributed by atoms with Crippen LogP contribution in [0.15, 0.2) is 34.9 Å². The second kappa shape index (κ2) is 8.36. The van der Waals surface area contributed by atoms with Crippen LogP contribution in [0.4, 0.5) is 5.69 Å². The number of amides is 1. The number of ether oxygens (including phenoxy) is 1. The van der Waals surface area contributed by atoms with Crippen LogP contribution in [0.1, 0.15) is 37.8 Å². The van der Waals surface area contributed by atoms with E-state index in [4.69, 9.17) is 9.15 Å². The molecule has 1 aliphatic rings. The molecule has 0 unspecified atom stereocenters. The Morgan fingerprint density at radius 3 is 2.85 bits per heavy atom. The summed E-state index contributed by atoms with van der Waals surface area (Å²) in [4.78, 5) is 21.4. The van der Waals surface area contributed by atoms with Crippen LogP contribution >= 0.6 is 0 Å². The van der Waals surface area contributed by atoms with Gasteiger partial charge in [0.05, 0.1) is 25.0 Å². The number of para-hydroxylation sites is 2. The van der Waals surface area contributed by atoms with Gasteiger partial charge in [0.1, 0.15) is 12.0 Å². The first kappa shape index (κ1) is 18.5. The lowest BCUT2D eigenvalue weighted by atomic mass is 10.0. The fraction of sp³-hybridized carbons (Fsp3) is 0.500. The van der Waals surface area contributed by atoms with E-state index in [0.717, 1.165) is 36.4 Å². The minimum atomic E-state index is 0.0856. The van der Waals surface area contributed by atoms with Crippen molar-refractivity contribution in [2.75, 3.05) is 25.1 Å². The van der Waals surface area contributed by atoms with Crippen LogP contribution in [-0.4, -0.2) is 42.0 Å². The molecule has 0 radical (unpaired) electrons. The highest BCUT2D eigenvalue weighted by Gasteiger charge is 2.34. The Morgan fingerprint density at radius 2 is 2.15 bits per heavy atom. The first-order valence-electron chi connectivity index (χ1n) is 9.20. The lowest BCUT2D eigenvalue weighted by molar-refractivity contribution is -0.122. The van der Waals surface area contributed by atoms with Gasteiger partial charge in [-0.3, -0.25) is 9.69 Å². The van der Waals surface area contributed by atoms with Crippen LogP contribution in [-0.2, 0) is 11.3 Å². The number of aromatic nitrogens is 1. The number of aryl methyl sites for hydroxylation is 1. The molecule has 140 valence electrons. The van der Waals surface area contributed by atoms with Crippen LogP contribution in [0.2, 0.25) is 0 Å². The highest BCUT2D eigenvalue weighted by molar-refractivity contribution is 5.97. The van der Waals surface area contributed by atoms with E-state index in [2.05, 4.69) is 16.8 Å². The normalized spacial score (nSPS) is 18.3. The summed E-state index contributed by atoms with van der Waals surface area (Å²) in [6.45, 7) is 5.70. The maximum Gasteiger partial charge on any atom is 0.241 e. The van der Waals surface area contributed by atoms with Crippen molar-refractivity contribution in [3.63, 3.8) is 0 Å². The predicted octanol–water partition coefficient (Wildman–Crippen LogP) is 3.40. The zero-order valence-corrected chi connectivity index (χ0v) is 15.8. The maximum absolute atomic E-state index is 12.9. The number of carbonyl (C=O) groups is 1. The molecule has 6 nitrogen and oxygen atoms in total. The number of oxazole rings is 1. The lowest BCUT2D eigenvalue weighted by Gasteiger charge is -2.41. The summed E-state index contributed by atoms with van der Waals surface area (Å²) in [6, 6.07) is 7.99. The highest BCUT2D eigenvalue weighted by atomic mass is 16.5. The second-order valence-corrected chi connectivity index (χ2v) is 6.74. The predicted molar refractivity (Wildman–Crippen MR) is 100 cm³/mol. The van der Waals surface area contributed by atoms with E-state index >= 15 is 0 Å². The zero-order valence-electron chi connectivity index (χ0n) is 15.8. The van der Waals surface area contributed by atoms with Crippen LogP contribution in [0, 0.1) is 6.92 Å². The minimum absolute atomic E-state index is 0.0856. The number of carbonyl (C=O) groups excluding carboxylic acids is 1. The van der Waals surface area contributed by atoms with Crippen LogP contribution in [0.3, 0.4) is 0 Å². The van der Waals surface area contributed by atoms with Crippen molar-refractivity contribution in [2.45, 2.75) is 45.7 Å². The molecule has 1 aliphatic heterocycles. The molecule has 1 fully saturated rings. The second-order valence-electron chi connectivity index (χ2n) is 6.74. The van der Waals surface area contributed by atoms with Crippen molar-refractivity contribution in [3.8, 4) is 5.75 Å². The summed E-state index contributed by atoms with van der Waals surface area (Å²) in [5.41, 5.74) is 1.72. The van der Waals surface area contributed by atoms with Gasteiger partial charge >= 0.3 is 0 Å². The van der Waals surface area contributed by atoms with Crippen molar-refractivity contribution < 1.29 is 13.9 Å². The molecule has 1 saturated heterocycles. The van der Waals surface area contributed by atoms with E-state index < -0.39 is 0 Å². The monoisotopic (exact) mass is 357 g/mol. The Kier molecular flexibility index (Phi) is 5.93. The summed E-state index contributed by atoms with van der Waals surface area (Å²) in [5.74, 6) is 1.47. The molecule has 1 aromatic carbocycles. The molecule has 3 rings (SSSR count). The Labute approximate surface area is 154 Å². The Bertz CT molecular complexity index is 743. The first-order chi connectivity index (χ1) is 12.6. The summed E-state index contributed by atoms with van der Waals surface area (Å²) in [6.07, 6.45) is 5.00. The summed E-state index contributed by atoms with van der Waals surface area (Å²) in [5, 5.41) is 0. The third-order valence-electron chi connectivity index (χ3n) is 4.85. The van der Waals surface area contributed by atoms with E-state index in [9.17, 15) is 4.79 Å². The third kappa shape index (κ3) is 4.07. The topological polar surface area (TPSA) is 58.8 Å². The van der Waals surface area contributed by atoms with Crippen molar-refractivity contribution in [3.05, 3.63) is 42.1 Å². The number of benzene rings is 1. The molecule has 0 spiro atoms. The van der Waals surface area contributed by atoms with Crippen LogP contribution in [0.25, 0.3) is 0 Å². The van der Waals surface area contributed by atoms with E-state index in [0.29, 0.717) is 25.5 Å². The summed E-state index contributed by atoms with van der Waals surface area (Å²) in [7, 11) is 1.64. The standard InChI is InChI=1S/C20H27N3O3/c1-4-5-8-17-12-23(18-9-6-7-10-19(18)25-3)20(24)13-22(17)11-16-14-26-15(2)21-16/h6-7,9-10,14,17H,4-5,8,11-13H2,1-3H3/t17-/m0/s1. The van der Waals surface area contributed by atoms with Crippen molar-refractivity contribution in [1.29, 1.82) is 0 Å². The average molecular weight is 357 g/mol. The van der Waals surface area contributed by atoms with Crippen molar-refractivity contribution in [2.24, 2.45) is 0 Å². The molecule has 0 saturated carbocycles. The van der Waals surface area contributed by atoms with Gasteiger partial charge in [-0.25, -0.2) is 4.98 Å². The van der Waals surface area contributed by atoms with Crippen LogP contribution < -0.4 is 9.64 Å². The van der Waals surface area contributed by atoms with Gasteiger partial charge in [0.25, 0.3) is 0 Å². The molecule has 1 amide bonds. The summed E-state index contributed by atoms with van der Waals surface area (Å²) >= 11 is 0. The lowest BCUT2D eigenvalue weighted by Crippen LogP contribution is -2.56. The Hall–Kier alpha value is -2.34. The maximum atomic E-state index is 12.9. The highest BCUT2D eigenvalue weighted by Crippen LogP contribution is 2.31. The fourth-order valence-corrected chi connectivity index (χ4v) is 3.49. The Balaban J connectivity index is 1.80. The molecular formula is C20H27N3O3. The van der Waals surface area contributed by atoms with E-state index in [1.54, 1.807) is 13.4 Å². The van der Waals surface area contributed by atoms with Crippen molar-refractivity contribution >= 4 is 11.6 Å². The molecule has 1 aromatic heterocycles. The molecule has 0 bridgehead atoms. The van der Waals surface area contributed by atoms with Gasteiger partial charge in [-0.15, -0.1) is 0 Å². The molecule has 0 N–H and O–H groups in total. The average Bonchev–Trinajstić information content (AvgIpc) is 3.06. The van der Waals surface area contributed by atoms with E-state index in [1.165, 1.54) is 0 Å². The molecule has 2 aromatic rings. The molecule has 0 aliphatic carbocycles. The first-order valence-corrected chi connectivity index (χ1v) is 9.20. The SMILES string of the molecule is CCCC[C@H]1CN(c2ccccc2OC)C(=O)CN1Cc1coc(C)n1. The van der Waals surface area contributed by atoms with Crippen LogP contribution in [0.5, 0.6) is 5.75 Å². The van der Waals surface area contributed by atoms with Gasteiger partial charge in [0.15, 0.2) is 5.89 Å². The number of methoxy groups -OCH3 is 1. The van der Waals surface area contributed by atoms with Gasteiger partial charge in [-0.05, 0) is 18.6 Å². The molecule has 6 heteroatoms. The number of unbranched alkanes of at least 4 members (excludes halogenated alkanes) is 1. The largest absolute Gasteiger partial charge is 0.495 e. The number of nitrogens with zero attached hydrogens (tertiary/aromatic N) is 3. The summed E-state index contributed by atoms with van der Waals surface area (Å²) < 4.78 is 10.8. The molecular weight excluding hydrogens is 330 g/mol. The van der Waals surface area contributed by atoms with Gasteiger partial charge in [0, 0.05) is 26.1 Å². The number of hydrogen-bond acceptors (Lipinski definition) is 5. The molecule has 1 atom stereocenters. The van der Waals surface area contributed by atoms with E-state index in [-0.39, 0.29) is 11.9 Å². The van der Waals surface area contributed by atoms with Gasteiger partial charge in [-0.1, -0.05) is 31.9 Å². The minimum Gasteiger partial charge on any atom is -0.495 e. The molecule has 26 heavy (non-hydrogen) atoms. The zero-order chi connectivity index (χ0) is 18.5. The number of anilines is 1. The number of rotatable bonds is 7. The van der Waals surface area contributed by atoms with Gasteiger partial charge in [0.2, 0.25) is 5.91 Å². The number of hydrogen-bond donors (Lipinski definition) is 0. The smallest absolute Gasteiger partial charge is 0.241 e. The Morgan fingerprint density at radius 1 is 1.35 bits per heavy atom. The quantitative estimate of drug-likeness (QED) is 0.760. The number of piperazine rings is 1. The third-order valence-corrected chi connectivity index (χ3v) is 4.85.